The van der Waals surface area contributed by atoms with Gasteiger partial charge in [0.15, 0.2) is 0 Å². The van der Waals surface area contributed by atoms with Crippen LogP contribution in [0, 0.1) is 0 Å². The van der Waals surface area contributed by atoms with Crippen LogP contribution in [0.15, 0.2) is 97.2 Å². The van der Waals surface area contributed by atoms with Gasteiger partial charge in [-0.15, -0.1) is 0 Å². The van der Waals surface area contributed by atoms with Crippen molar-refractivity contribution in [3.8, 4) is 5.75 Å². The summed E-state index contributed by atoms with van der Waals surface area (Å²) >= 11 is 0. The Morgan fingerprint density at radius 2 is 1.59 bits per heavy atom. The molecule has 3 unspecified atom stereocenters. The Morgan fingerprint density at radius 3 is 2.24 bits per heavy atom. The second kappa shape index (κ2) is 8.97. The maximum Gasteiger partial charge on any atom is 0.119 e. The number of ether oxygens (including phenoxy) is 1. The molecule has 0 bridgehead atoms. The van der Waals surface area contributed by atoms with Gasteiger partial charge in [0.2, 0.25) is 0 Å². The van der Waals surface area contributed by atoms with Crippen molar-refractivity contribution in [3.63, 3.8) is 0 Å². The van der Waals surface area contributed by atoms with Gasteiger partial charge in [-0.25, -0.2) is 0 Å². The molecule has 3 heteroatoms. The molecule has 3 aromatic carbocycles. The molecule has 29 heavy (non-hydrogen) atoms. The first-order chi connectivity index (χ1) is 14.2. The minimum Gasteiger partial charge on any atom is -0.489 e. The summed E-state index contributed by atoms with van der Waals surface area (Å²) in [6.45, 7) is 3.34. The van der Waals surface area contributed by atoms with Crippen molar-refractivity contribution < 1.29 is 9.84 Å². The minimum atomic E-state index is -0.442. The van der Waals surface area contributed by atoms with E-state index in [1.165, 1.54) is 5.56 Å². The fourth-order valence-electron chi connectivity index (χ4n) is 3.79. The van der Waals surface area contributed by atoms with Crippen LogP contribution in [0.2, 0.25) is 0 Å². The Hall–Kier alpha value is -3.04. The van der Waals surface area contributed by atoms with E-state index in [0.717, 1.165) is 16.9 Å². The van der Waals surface area contributed by atoms with Crippen LogP contribution in [0.4, 0.5) is 0 Å². The smallest absolute Gasteiger partial charge is 0.119 e. The van der Waals surface area contributed by atoms with Crippen LogP contribution in [0.5, 0.6) is 5.75 Å². The van der Waals surface area contributed by atoms with Gasteiger partial charge in [0.25, 0.3) is 0 Å². The number of hydrogen-bond acceptors (Lipinski definition) is 3. The van der Waals surface area contributed by atoms with Crippen molar-refractivity contribution in [2.45, 2.75) is 31.6 Å². The zero-order valence-electron chi connectivity index (χ0n) is 16.7. The highest BCUT2D eigenvalue weighted by atomic mass is 16.5. The first-order valence-corrected chi connectivity index (χ1v) is 10.1. The zero-order valence-corrected chi connectivity index (χ0v) is 16.7. The van der Waals surface area contributed by atoms with Gasteiger partial charge in [-0.05, 0) is 41.9 Å². The van der Waals surface area contributed by atoms with Crippen molar-refractivity contribution in [1.82, 2.24) is 4.90 Å². The molecular weight excluding hydrogens is 358 g/mol. The molecule has 0 saturated carbocycles. The average Bonchev–Trinajstić information content (AvgIpc) is 2.79. The molecule has 4 rings (SSSR count). The van der Waals surface area contributed by atoms with E-state index in [1.807, 2.05) is 36.4 Å². The highest BCUT2D eigenvalue weighted by Crippen LogP contribution is 2.31. The quantitative estimate of drug-likeness (QED) is 0.625. The number of benzene rings is 3. The first-order valence-electron chi connectivity index (χ1n) is 10.1. The van der Waals surface area contributed by atoms with Crippen molar-refractivity contribution >= 4 is 0 Å². The van der Waals surface area contributed by atoms with Crippen molar-refractivity contribution in [2.75, 3.05) is 6.54 Å². The summed E-state index contributed by atoms with van der Waals surface area (Å²) in [6, 6.07) is 28.8. The zero-order chi connectivity index (χ0) is 20.1. The van der Waals surface area contributed by atoms with Crippen LogP contribution in [0.1, 0.15) is 35.6 Å². The largest absolute Gasteiger partial charge is 0.489 e. The third-order valence-electron chi connectivity index (χ3n) is 5.59. The van der Waals surface area contributed by atoms with E-state index in [4.69, 9.17) is 4.74 Å². The molecule has 3 nitrogen and oxygen atoms in total. The van der Waals surface area contributed by atoms with E-state index in [1.54, 1.807) is 0 Å². The Bertz CT molecular complexity index is 922. The van der Waals surface area contributed by atoms with E-state index in [2.05, 4.69) is 72.6 Å². The summed E-state index contributed by atoms with van der Waals surface area (Å²) in [4.78, 5) is 2.20. The lowest BCUT2D eigenvalue weighted by Gasteiger charge is -2.36. The summed E-state index contributed by atoms with van der Waals surface area (Å²) < 4.78 is 5.87. The number of β-amino-alcohol motifs (C(OH)–C–C–N with tert-alkyl or cyclic N) is 1. The van der Waals surface area contributed by atoms with Gasteiger partial charge < -0.3 is 14.7 Å². The van der Waals surface area contributed by atoms with Crippen LogP contribution < -0.4 is 4.74 Å². The van der Waals surface area contributed by atoms with Crippen molar-refractivity contribution in [1.29, 1.82) is 0 Å². The third-order valence-corrected chi connectivity index (χ3v) is 5.59. The molecule has 1 aliphatic rings. The normalized spacial score (nSPS) is 19.7. The predicted octanol–water partition coefficient (Wildman–Crippen LogP) is 5.30. The van der Waals surface area contributed by atoms with E-state index >= 15 is 0 Å². The number of rotatable bonds is 6. The third kappa shape index (κ3) is 4.69. The van der Waals surface area contributed by atoms with E-state index in [-0.39, 0.29) is 12.0 Å². The fourth-order valence-corrected chi connectivity index (χ4v) is 3.79. The topological polar surface area (TPSA) is 32.7 Å². The Morgan fingerprint density at radius 1 is 0.931 bits per heavy atom. The Labute approximate surface area is 172 Å². The molecule has 0 saturated heterocycles. The summed E-state index contributed by atoms with van der Waals surface area (Å²) in [5.74, 6) is 0.837. The minimum absolute atomic E-state index is 0.00241. The predicted molar refractivity (Wildman–Crippen MR) is 117 cm³/mol. The van der Waals surface area contributed by atoms with Crippen LogP contribution >= 0.6 is 0 Å². The van der Waals surface area contributed by atoms with E-state index in [9.17, 15) is 5.11 Å². The lowest BCUT2D eigenvalue weighted by Crippen LogP contribution is -2.37. The van der Waals surface area contributed by atoms with Crippen LogP contribution in [-0.4, -0.2) is 22.7 Å². The molecule has 1 aliphatic heterocycles. The molecule has 0 radical (unpaired) electrons. The van der Waals surface area contributed by atoms with Gasteiger partial charge in [-0.3, -0.25) is 0 Å². The van der Waals surface area contributed by atoms with Crippen LogP contribution in [-0.2, 0) is 6.61 Å². The number of hydrogen-bond donors (Lipinski definition) is 1. The highest BCUT2D eigenvalue weighted by Gasteiger charge is 2.27. The molecule has 1 heterocycles. The molecule has 0 fully saturated rings. The van der Waals surface area contributed by atoms with E-state index < -0.39 is 6.10 Å². The van der Waals surface area contributed by atoms with Gasteiger partial charge in [0, 0.05) is 12.5 Å². The highest BCUT2D eigenvalue weighted by molar-refractivity contribution is 5.33. The number of aliphatic hydroxyl groups excluding tert-OH is 1. The monoisotopic (exact) mass is 385 g/mol. The molecule has 0 aromatic heterocycles. The fraction of sp³-hybridized carbons (Fsp3) is 0.231. The first kappa shape index (κ1) is 19.3. The molecule has 0 spiro atoms. The molecule has 3 aromatic rings. The molecule has 3 atom stereocenters. The summed E-state index contributed by atoms with van der Waals surface area (Å²) in [6.07, 6.45) is 3.78. The molecule has 0 amide bonds. The maximum absolute atomic E-state index is 10.8. The van der Waals surface area contributed by atoms with Gasteiger partial charge in [-0.1, -0.05) is 78.9 Å². The van der Waals surface area contributed by atoms with Crippen molar-refractivity contribution in [3.05, 3.63) is 114 Å². The van der Waals surface area contributed by atoms with Gasteiger partial charge in [0.05, 0.1) is 12.1 Å². The van der Waals surface area contributed by atoms with E-state index in [0.29, 0.717) is 13.2 Å². The average molecular weight is 386 g/mol. The second-order valence-electron chi connectivity index (χ2n) is 7.56. The molecular formula is C26H27NO2. The molecule has 1 N–H and O–H groups in total. The summed E-state index contributed by atoms with van der Waals surface area (Å²) in [5, 5.41) is 10.8. The number of nitrogens with zero attached hydrogens (tertiary/aromatic N) is 1. The second-order valence-corrected chi connectivity index (χ2v) is 7.56. The van der Waals surface area contributed by atoms with Gasteiger partial charge in [0.1, 0.15) is 12.4 Å². The summed E-state index contributed by atoms with van der Waals surface area (Å²) in [7, 11) is 0. The lowest BCUT2D eigenvalue weighted by molar-refractivity contribution is 0.0954. The van der Waals surface area contributed by atoms with Crippen LogP contribution in [0.25, 0.3) is 0 Å². The van der Waals surface area contributed by atoms with Gasteiger partial charge in [-0.2, -0.15) is 0 Å². The molecule has 148 valence electrons. The van der Waals surface area contributed by atoms with Crippen LogP contribution in [0.3, 0.4) is 0 Å². The SMILES string of the molecule is CC(c1ccccc1)N1C=CC(c2ccc(OCc3ccccc3)cc2)C(O)C1. The number of aliphatic hydroxyl groups is 1. The Balaban J connectivity index is 1.39. The van der Waals surface area contributed by atoms with Gasteiger partial charge >= 0.3 is 0 Å². The lowest BCUT2D eigenvalue weighted by atomic mass is 9.90. The summed E-state index contributed by atoms with van der Waals surface area (Å²) in [5.41, 5.74) is 3.50. The standard InChI is InChI=1S/C26H27NO2/c1-20(22-10-6-3-7-11-22)27-17-16-25(26(28)18-27)23-12-14-24(15-13-23)29-19-21-8-4-2-5-9-21/h2-17,20,25-26,28H,18-19H2,1H3. The maximum atomic E-state index is 10.8. The Kier molecular flexibility index (Phi) is 5.97. The molecule has 0 aliphatic carbocycles. The van der Waals surface area contributed by atoms with Crippen molar-refractivity contribution in [2.24, 2.45) is 0 Å².